The van der Waals surface area contributed by atoms with E-state index in [-0.39, 0.29) is 36.7 Å². The molecule has 0 aliphatic heterocycles. The molecule has 0 heterocycles. The summed E-state index contributed by atoms with van der Waals surface area (Å²) in [5.74, 6) is -0.460. The molecule has 0 aliphatic carbocycles. The third-order valence-corrected chi connectivity index (χ3v) is 3.76. The van der Waals surface area contributed by atoms with Crippen LogP contribution in [0.4, 0.5) is 13.2 Å². The van der Waals surface area contributed by atoms with Crippen LogP contribution >= 0.6 is 0 Å². The Hall–Kier alpha value is -2.48. The minimum absolute atomic E-state index is 0.0768. The standard InChI is InChI=1S/C19H19BF3O4/c1-3-26-18(25)8-12-6-14(19(21,22)23)10-16(7-12)27-17-5-4-15(20-2)9-13(17)11-24/h4-7,9-10,24H,3,8,11H2,1-2H3. The summed E-state index contributed by atoms with van der Waals surface area (Å²) in [5.41, 5.74) is 0.485. The molecule has 0 bridgehead atoms. The van der Waals surface area contributed by atoms with E-state index >= 15 is 0 Å². The summed E-state index contributed by atoms with van der Waals surface area (Å²) >= 11 is 0. The largest absolute Gasteiger partial charge is 0.466 e. The Balaban J connectivity index is 2.39. The number of esters is 1. The van der Waals surface area contributed by atoms with Crippen LogP contribution in [-0.4, -0.2) is 25.0 Å². The van der Waals surface area contributed by atoms with E-state index < -0.39 is 17.7 Å². The van der Waals surface area contributed by atoms with E-state index in [1.807, 2.05) is 14.1 Å². The second kappa shape index (κ2) is 8.95. The smallest absolute Gasteiger partial charge is 0.416 e. The predicted molar refractivity (Wildman–Crippen MR) is 95.5 cm³/mol. The molecule has 27 heavy (non-hydrogen) atoms. The van der Waals surface area contributed by atoms with Crippen molar-refractivity contribution >= 4 is 18.7 Å². The Kier molecular flexibility index (Phi) is 6.90. The van der Waals surface area contributed by atoms with Crippen LogP contribution in [0.25, 0.3) is 0 Å². The fraction of sp³-hybridized carbons (Fsp3) is 0.316. The number of ether oxygens (including phenoxy) is 2. The maximum atomic E-state index is 13.2. The van der Waals surface area contributed by atoms with Gasteiger partial charge in [-0.25, -0.2) is 0 Å². The number of halogens is 3. The molecule has 143 valence electrons. The van der Waals surface area contributed by atoms with Gasteiger partial charge in [0.05, 0.1) is 25.2 Å². The van der Waals surface area contributed by atoms with E-state index in [9.17, 15) is 23.1 Å². The molecule has 1 radical (unpaired) electrons. The number of carbonyl (C=O) groups is 1. The fourth-order valence-corrected chi connectivity index (χ4v) is 2.49. The minimum Gasteiger partial charge on any atom is -0.466 e. The Morgan fingerprint density at radius 1 is 1.19 bits per heavy atom. The molecule has 2 aromatic rings. The molecular formula is C19H19BF3O4. The predicted octanol–water partition coefficient (Wildman–Crippen LogP) is 3.47. The van der Waals surface area contributed by atoms with Crippen molar-refractivity contribution in [2.45, 2.75) is 33.0 Å². The Labute approximate surface area is 156 Å². The third-order valence-electron chi connectivity index (χ3n) is 3.76. The van der Waals surface area contributed by atoms with Crippen molar-refractivity contribution in [3.63, 3.8) is 0 Å². The molecule has 4 nitrogen and oxygen atoms in total. The average molecular weight is 379 g/mol. The Morgan fingerprint density at radius 2 is 1.93 bits per heavy atom. The van der Waals surface area contributed by atoms with Gasteiger partial charge in [0.25, 0.3) is 0 Å². The number of benzene rings is 2. The molecule has 8 heteroatoms. The molecule has 0 fully saturated rings. The monoisotopic (exact) mass is 379 g/mol. The second-order valence-corrected chi connectivity index (χ2v) is 5.76. The lowest BCUT2D eigenvalue weighted by atomic mass is 9.73. The molecule has 0 saturated carbocycles. The first-order valence-corrected chi connectivity index (χ1v) is 8.34. The number of aliphatic hydroxyl groups is 1. The van der Waals surface area contributed by atoms with Gasteiger partial charge < -0.3 is 14.6 Å². The van der Waals surface area contributed by atoms with Gasteiger partial charge in [-0.1, -0.05) is 24.4 Å². The van der Waals surface area contributed by atoms with E-state index in [2.05, 4.69) is 0 Å². The topological polar surface area (TPSA) is 55.8 Å². The Morgan fingerprint density at radius 3 is 2.52 bits per heavy atom. The van der Waals surface area contributed by atoms with Gasteiger partial charge in [0.15, 0.2) is 0 Å². The number of rotatable bonds is 7. The van der Waals surface area contributed by atoms with E-state index in [1.54, 1.807) is 25.1 Å². The van der Waals surface area contributed by atoms with Gasteiger partial charge in [-0.3, -0.25) is 4.79 Å². The molecule has 0 spiro atoms. The van der Waals surface area contributed by atoms with Crippen LogP contribution in [0.5, 0.6) is 11.5 Å². The van der Waals surface area contributed by atoms with Gasteiger partial charge >= 0.3 is 12.1 Å². The molecule has 0 unspecified atom stereocenters. The van der Waals surface area contributed by atoms with Crippen molar-refractivity contribution in [2.75, 3.05) is 6.61 Å². The first-order chi connectivity index (χ1) is 12.8. The van der Waals surface area contributed by atoms with Crippen molar-refractivity contribution in [3.05, 3.63) is 53.1 Å². The van der Waals surface area contributed by atoms with Gasteiger partial charge in [-0.15, -0.1) is 0 Å². The zero-order valence-corrected chi connectivity index (χ0v) is 15.0. The summed E-state index contributed by atoms with van der Waals surface area (Å²) in [6, 6.07) is 8.09. The lowest BCUT2D eigenvalue weighted by Crippen LogP contribution is -2.12. The van der Waals surface area contributed by atoms with Crippen LogP contribution in [0.1, 0.15) is 23.6 Å². The summed E-state index contributed by atoms with van der Waals surface area (Å²) in [7, 11) is 1.82. The van der Waals surface area contributed by atoms with Gasteiger partial charge in [-0.05, 0) is 36.8 Å². The fourth-order valence-electron chi connectivity index (χ4n) is 2.49. The number of alkyl halides is 3. The SMILES string of the molecule is C[B]c1ccc(Oc2cc(CC(=O)OCC)cc(C(F)(F)F)c2)c(CO)c1. The van der Waals surface area contributed by atoms with Crippen molar-refractivity contribution < 1.29 is 32.5 Å². The normalized spacial score (nSPS) is 11.2. The molecule has 2 aromatic carbocycles. The molecule has 2 rings (SSSR count). The molecule has 0 aliphatic rings. The number of carbonyl (C=O) groups excluding carboxylic acids is 1. The molecule has 1 N–H and O–H groups in total. The number of hydrogen-bond donors (Lipinski definition) is 1. The molecule has 0 aromatic heterocycles. The zero-order valence-electron chi connectivity index (χ0n) is 15.0. The van der Waals surface area contributed by atoms with Crippen LogP contribution in [0, 0.1) is 0 Å². The second-order valence-electron chi connectivity index (χ2n) is 5.76. The van der Waals surface area contributed by atoms with Crippen molar-refractivity contribution in [2.24, 2.45) is 0 Å². The number of hydrogen-bond acceptors (Lipinski definition) is 4. The highest BCUT2D eigenvalue weighted by Gasteiger charge is 2.31. The van der Waals surface area contributed by atoms with Crippen LogP contribution < -0.4 is 10.2 Å². The molecule has 0 atom stereocenters. The lowest BCUT2D eigenvalue weighted by Gasteiger charge is -2.15. The van der Waals surface area contributed by atoms with Gasteiger partial charge in [0.2, 0.25) is 0 Å². The highest BCUT2D eigenvalue weighted by atomic mass is 19.4. The zero-order chi connectivity index (χ0) is 20.0. The molecule has 0 amide bonds. The maximum Gasteiger partial charge on any atom is 0.416 e. The highest BCUT2D eigenvalue weighted by Crippen LogP contribution is 2.35. The van der Waals surface area contributed by atoms with E-state index in [0.717, 1.165) is 17.6 Å². The van der Waals surface area contributed by atoms with Gasteiger partial charge in [0.1, 0.15) is 18.8 Å². The quantitative estimate of drug-likeness (QED) is 0.591. The number of aliphatic hydroxyl groups excluding tert-OH is 1. The highest BCUT2D eigenvalue weighted by molar-refractivity contribution is 6.51. The third kappa shape index (κ3) is 5.75. The summed E-state index contributed by atoms with van der Waals surface area (Å²) < 4.78 is 50.0. The minimum atomic E-state index is -4.59. The summed E-state index contributed by atoms with van der Waals surface area (Å²) in [5, 5.41) is 9.50. The van der Waals surface area contributed by atoms with Crippen LogP contribution in [0.15, 0.2) is 36.4 Å². The summed E-state index contributed by atoms with van der Waals surface area (Å²) in [6.07, 6.45) is -4.89. The van der Waals surface area contributed by atoms with Crippen LogP contribution in [0.3, 0.4) is 0 Å². The van der Waals surface area contributed by atoms with Gasteiger partial charge in [-0.2, -0.15) is 13.2 Å². The molecular weight excluding hydrogens is 360 g/mol. The first-order valence-electron chi connectivity index (χ1n) is 8.34. The van der Waals surface area contributed by atoms with Gasteiger partial charge in [0, 0.05) is 5.56 Å². The summed E-state index contributed by atoms with van der Waals surface area (Å²) in [6.45, 7) is 3.26. The maximum absolute atomic E-state index is 13.2. The van der Waals surface area contributed by atoms with Crippen LogP contribution in [0.2, 0.25) is 6.82 Å². The lowest BCUT2D eigenvalue weighted by molar-refractivity contribution is -0.142. The summed E-state index contributed by atoms with van der Waals surface area (Å²) in [4.78, 5) is 11.6. The van der Waals surface area contributed by atoms with E-state index in [4.69, 9.17) is 9.47 Å². The molecule has 0 saturated heterocycles. The average Bonchev–Trinajstić information content (AvgIpc) is 2.61. The van der Waals surface area contributed by atoms with Crippen molar-refractivity contribution in [1.82, 2.24) is 0 Å². The van der Waals surface area contributed by atoms with Crippen LogP contribution in [-0.2, 0) is 28.7 Å². The van der Waals surface area contributed by atoms with Crippen molar-refractivity contribution in [3.8, 4) is 11.5 Å². The van der Waals surface area contributed by atoms with E-state index in [1.165, 1.54) is 6.07 Å². The van der Waals surface area contributed by atoms with Crippen molar-refractivity contribution in [1.29, 1.82) is 0 Å². The Bertz CT molecular complexity index is 806. The first kappa shape index (κ1) is 20.8. The van der Waals surface area contributed by atoms with E-state index in [0.29, 0.717) is 5.56 Å².